The number of rotatable bonds is 5. The molecule has 0 bridgehead atoms. The lowest BCUT2D eigenvalue weighted by Gasteiger charge is -2.09. The Labute approximate surface area is 124 Å². The van der Waals surface area contributed by atoms with Crippen LogP contribution in [0.25, 0.3) is 0 Å². The topological polar surface area (TPSA) is 21.3 Å². The first-order valence-corrected chi connectivity index (χ1v) is 6.90. The Hall–Kier alpha value is -1.46. The third kappa shape index (κ3) is 3.55. The maximum atomic E-state index is 13.8. The fourth-order valence-corrected chi connectivity index (χ4v) is 2.14. The highest BCUT2D eigenvalue weighted by Gasteiger charge is 2.12. The molecule has 1 N–H and O–H groups in total. The number of benzene rings is 2. The first-order chi connectivity index (χ1) is 9.61. The van der Waals surface area contributed by atoms with Crippen LogP contribution in [0.15, 0.2) is 40.9 Å². The third-order valence-corrected chi connectivity index (χ3v) is 3.44. The van der Waals surface area contributed by atoms with Gasteiger partial charge in [0.2, 0.25) is 0 Å². The van der Waals surface area contributed by atoms with Gasteiger partial charge in [-0.05, 0) is 52.8 Å². The lowest BCUT2D eigenvalue weighted by atomic mass is 10.2. The minimum Gasteiger partial charge on any atom is -0.489 e. The summed E-state index contributed by atoms with van der Waals surface area (Å²) >= 11 is 3.03. The maximum absolute atomic E-state index is 13.8. The molecule has 5 heteroatoms. The van der Waals surface area contributed by atoms with Gasteiger partial charge >= 0.3 is 0 Å². The first-order valence-electron chi connectivity index (χ1n) is 6.10. The molecule has 2 nitrogen and oxygen atoms in total. The summed E-state index contributed by atoms with van der Waals surface area (Å²) in [4.78, 5) is 0. The molecular weight excluding hydrogens is 328 g/mol. The zero-order valence-electron chi connectivity index (χ0n) is 10.9. The second kappa shape index (κ2) is 6.81. The van der Waals surface area contributed by atoms with Crippen molar-refractivity contribution in [2.45, 2.75) is 13.2 Å². The van der Waals surface area contributed by atoms with Crippen molar-refractivity contribution in [3.63, 3.8) is 0 Å². The molecule has 2 aromatic rings. The molecule has 0 amide bonds. The van der Waals surface area contributed by atoms with Crippen molar-refractivity contribution in [1.82, 2.24) is 5.32 Å². The number of hydrogen-bond donors (Lipinski definition) is 1. The fourth-order valence-electron chi connectivity index (χ4n) is 1.76. The molecule has 0 aliphatic rings. The lowest BCUT2D eigenvalue weighted by molar-refractivity contribution is 0.292. The Bertz CT molecular complexity index is 587. The third-order valence-electron chi connectivity index (χ3n) is 2.83. The lowest BCUT2D eigenvalue weighted by Crippen LogP contribution is -2.05. The number of nitrogens with one attached hydrogen (secondary N) is 1. The van der Waals surface area contributed by atoms with Crippen LogP contribution in [0.5, 0.6) is 5.75 Å². The van der Waals surface area contributed by atoms with E-state index in [1.807, 2.05) is 19.2 Å². The Morgan fingerprint density at radius 3 is 2.45 bits per heavy atom. The molecular formula is C15H14BrF2NO. The molecule has 0 saturated heterocycles. The van der Waals surface area contributed by atoms with Gasteiger partial charge in [0, 0.05) is 6.54 Å². The molecule has 0 saturated carbocycles. The Balaban J connectivity index is 2.07. The normalized spacial score (nSPS) is 10.6. The molecule has 0 heterocycles. The van der Waals surface area contributed by atoms with Crippen LogP contribution in [0.4, 0.5) is 8.78 Å². The van der Waals surface area contributed by atoms with Crippen molar-refractivity contribution in [1.29, 1.82) is 0 Å². The zero-order valence-corrected chi connectivity index (χ0v) is 12.5. The Morgan fingerprint density at radius 2 is 1.80 bits per heavy atom. The quantitative estimate of drug-likeness (QED) is 0.829. The summed E-state index contributed by atoms with van der Waals surface area (Å²) in [5.41, 5.74) is 1.03. The van der Waals surface area contributed by atoms with Crippen molar-refractivity contribution >= 4 is 15.9 Å². The summed E-state index contributed by atoms with van der Waals surface area (Å²) in [5.74, 6) is -0.669. The summed E-state index contributed by atoms with van der Waals surface area (Å²) in [6, 6.07) is 9.91. The van der Waals surface area contributed by atoms with Crippen LogP contribution in [-0.4, -0.2) is 7.05 Å². The molecule has 20 heavy (non-hydrogen) atoms. The van der Waals surface area contributed by atoms with Gasteiger partial charge < -0.3 is 10.1 Å². The predicted molar refractivity (Wildman–Crippen MR) is 77.6 cm³/mol. The van der Waals surface area contributed by atoms with E-state index in [0.29, 0.717) is 5.75 Å². The van der Waals surface area contributed by atoms with Crippen LogP contribution in [0.3, 0.4) is 0 Å². The van der Waals surface area contributed by atoms with Gasteiger partial charge in [0.15, 0.2) is 0 Å². The molecule has 106 valence electrons. The van der Waals surface area contributed by atoms with Crippen LogP contribution in [0.1, 0.15) is 11.1 Å². The van der Waals surface area contributed by atoms with Gasteiger partial charge in [-0.25, -0.2) is 8.78 Å². The number of hydrogen-bond acceptors (Lipinski definition) is 2. The van der Waals surface area contributed by atoms with E-state index >= 15 is 0 Å². The second-order valence-electron chi connectivity index (χ2n) is 4.28. The Morgan fingerprint density at radius 1 is 1.10 bits per heavy atom. The molecule has 0 unspecified atom stereocenters. The molecule has 0 aliphatic heterocycles. The van der Waals surface area contributed by atoms with Crippen molar-refractivity contribution in [3.05, 3.63) is 63.6 Å². The number of halogens is 3. The van der Waals surface area contributed by atoms with E-state index in [0.717, 1.165) is 12.1 Å². The molecule has 2 aromatic carbocycles. The van der Waals surface area contributed by atoms with Gasteiger partial charge in [0.25, 0.3) is 0 Å². The van der Waals surface area contributed by atoms with Crippen LogP contribution in [0, 0.1) is 11.6 Å². The van der Waals surface area contributed by atoms with Crippen molar-refractivity contribution in [2.75, 3.05) is 7.05 Å². The van der Waals surface area contributed by atoms with E-state index < -0.39 is 11.6 Å². The molecule has 0 atom stereocenters. The molecule has 2 rings (SSSR count). The van der Waals surface area contributed by atoms with Crippen molar-refractivity contribution in [3.8, 4) is 5.75 Å². The van der Waals surface area contributed by atoms with Gasteiger partial charge in [0.05, 0.1) is 10.0 Å². The SMILES string of the molecule is CNCc1ccc(OCc2c(F)ccc(Br)c2F)cc1. The zero-order chi connectivity index (χ0) is 14.5. The van der Waals surface area contributed by atoms with Gasteiger partial charge in [-0.3, -0.25) is 0 Å². The van der Waals surface area contributed by atoms with E-state index in [9.17, 15) is 8.78 Å². The van der Waals surface area contributed by atoms with Crippen LogP contribution >= 0.6 is 15.9 Å². The molecule has 0 radical (unpaired) electrons. The van der Waals surface area contributed by atoms with Gasteiger partial charge in [-0.15, -0.1) is 0 Å². The minimum absolute atomic E-state index is 0.0846. The van der Waals surface area contributed by atoms with Gasteiger partial charge in [-0.1, -0.05) is 12.1 Å². The molecule has 0 fully saturated rings. The summed E-state index contributed by atoms with van der Waals surface area (Å²) in [6.07, 6.45) is 0. The maximum Gasteiger partial charge on any atom is 0.146 e. The monoisotopic (exact) mass is 341 g/mol. The van der Waals surface area contributed by atoms with Gasteiger partial charge in [-0.2, -0.15) is 0 Å². The van der Waals surface area contributed by atoms with E-state index in [-0.39, 0.29) is 16.6 Å². The van der Waals surface area contributed by atoms with E-state index in [4.69, 9.17) is 4.74 Å². The Kier molecular flexibility index (Phi) is 5.09. The van der Waals surface area contributed by atoms with Crippen molar-refractivity contribution in [2.24, 2.45) is 0 Å². The van der Waals surface area contributed by atoms with E-state index in [1.54, 1.807) is 12.1 Å². The summed E-state index contributed by atoms with van der Waals surface area (Å²) in [5, 5.41) is 3.04. The second-order valence-corrected chi connectivity index (χ2v) is 5.14. The van der Waals surface area contributed by atoms with Gasteiger partial charge in [0.1, 0.15) is 24.0 Å². The average Bonchev–Trinajstić information content (AvgIpc) is 2.45. The predicted octanol–water partition coefficient (Wildman–Crippen LogP) is 4.03. The fraction of sp³-hybridized carbons (Fsp3) is 0.200. The molecule has 0 aliphatic carbocycles. The highest BCUT2D eigenvalue weighted by Crippen LogP contribution is 2.23. The van der Waals surface area contributed by atoms with Crippen LogP contribution in [-0.2, 0) is 13.2 Å². The number of ether oxygens (including phenoxy) is 1. The average molecular weight is 342 g/mol. The summed E-state index contributed by atoms with van der Waals surface area (Å²) in [6.45, 7) is 0.609. The molecule has 0 spiro atoms. The molecule has 0 aromatic heterocycles. The standard InChI is InChI=1S/C15H14BrF2NO/c1-19-8-10-2-4-11(5-3-10)20-9-12-14(17)7-6-13(16)15(12)18/h2-7,19H,8-9H2,1H3. The smallest absolute Gasteiger partial charge is 0.146 e. The van der Waals surface area contributed by atoms with Crippen LogP contribution in [0.2, 0.25) is 0 Å². The highest BCUT2D eigenvalue weighted by atomic mass is 79.9. The summed E-state index contributed by atoms with van der Waals surface area (Å²) in [7, 11) is 1.86. The van der Waals surface area contributed by atoms with E-state index in [2.05, 4.69) is 21.2 Å². The largest absolute Gasteiger partial charge is 0.489 e. The minimum atomic E-state index is -0.628. The summed E-state index contributed by atoms with van der Waals surface area (Å²) < 4.78 is 32.9. The highest BCUT2D eigenvalue weighted by molar-refractivity contribution is 9.10. The van der Waals surface area contributed by atoms with Crippen molar-refractivity contribution < 1.29 is 13.5 Å². The van der Waals surface area contributed by atoms with E-state index in [1.165, 1.54) is 12.1 Å². The van der Waals surface area contributed by atoms with Crippen LogP contribution < -0.4 is 10.1 Å². The first kappa shape index (κ1) is 14.9.